The van der Waals surface area contributed by atoms with Gasteiger partial charge in [0, 0.05) is 12.8 Å². The zero-order valence-corrected chi connectivity index (χ0v) is 10.1. The fourth-order valence-corrected chi connectivity index (χ4v) is 0.976. The second kappa shape index (κ2) is 12.3. The molecule has 0 aromatic heterocycles. The molecule has 0 fully saturated rings. The Hall–Kier alpha value is -0.660. The highest BCUT2D eigenvalue weighted by molar-refractivity contribution is 5.75. The van der Waals surface area contributed by atoms with Crippen LogP contribution in [0, 0.1) is 0 Å². The molecular weight excluding hydrogens is 176 g/mol. The van der Waals surface area contributed by atoms with E-state index in [2.05, 4.69) is 6.92 Å². The topological polar surface area (TPSA) is 34.1 Å². The van der Waals surface area contributed by atoms with Gasteiger partial charge >= 0.3 is 0 Å². The summed E-state index contributed by atoms with van der Waals surface area (Å²) in [5.41, 5.74) is 0. The van der Waals surface area contributed by atoms with Gasteiger partial charge in [0.25, 0.3) is 0 Å². The van der Waals surface area contributed by atoms with Crippen LogP contribution in [-0.2, 0) is 9.59 Å². The van der Waals surface area contributed by atoms with Crippen LogP contribution < -0.4 is 0 Å². The quantitative estimate of drug-likeness (QED) is 0.615. The highest BCUT2D eigenvalue weighted by Gasteiger charge is 1.89. The van der Waals surface area contributed by atoms with Crippen molar-refractivity contribution < 1.29 is 9.59 Å². The van der Waals surface area contributed by atoms with Crippen molar-refractivity contribution in [2.75, 3.05) is 0 Å². The largest absolute Gasteiger partial charge is 0.300 e. The Morgan fingerprint density at radius 2 is 1.29 bits per heavy atom. The lowest BCUT2D eigenvalue weighted by molar-refractivity contribution is -0.117. The number of unbranched alkanes of at least 4 members (excludes halogenated alkanes) is 2. The maximum absolute atomic E-state index is 10.3. The Kier molecular flexibility index (Phi) is 13.9. The van der Waals surface area contributed by atoms with Crippen molar-refractivity contribution in [2.45, 2.75) is 66.2 Å². The van der Waals surface area contributed by atoms with Crippen molar-refractivity contribution in [2.24, 2.45) is 0 Å². The van der Waals surface area contributed by atoms with E-state index in [-0.39, 0.29) is 5.78 Å². The van der Waals surface area contributed by atoms with Crippen LogP contribution in [0.3, 0.4) is 0 Å². The Labute approximate surface area is 88.1 Å². The van der Waals surface area contributed by atoms with Gasteiger partial charge in [-0.05, 0) is 26.7 Å². The Bertz CT molecular complexity index is 150. The van der Waals surface area contributed by atoms with E-state index in [1.807, 2.05) is 6.92 Å². The second-order valence-electron chi connectivity index (χ2n) is 3.61. The number of carbonyl (C=O) groups is 2. The third-order valence-corrected chi connectivity index (χ3v) is 1.73. The van der Waals surface area contributed by atoms with E-state index in [0.717, 1.165) is 25.7 Å². The predicted octanol–water partition coefficient (Wildman–Crippen LogP) is 3.53. The van der Waals surface area contributed by atoms with Crippen molar-refractivity contribution in [3.8, 4) is 0 Å². The van der Waals surface area contributed by atoms with Gasteiger partial charge in [0.15, 0.2) is 0 Å². The van der Waals surface area contributed by atoms with Crippen LogP contribution in [0.2, 0.25) is 0 Å². The zero-order chi connectivity index (χ0) is 11.4. The van der Waals surface area contributed by atoms with Crippen LogP contribution >= 0.6 is 0 Å². The molecule has 0 N–H and O–H groups in total. The summed E-state index contributed by atoms with van der Waals surface area (Å²) in [4.78, 5) is 20.4. The Balaban J connectivity index is 0. The highest BCUT2D eigenvalue weighted by atomic mass is 16.1. The molecule has 0 aromatic rings. The van der Waals surface area contributed by atoms with Gasteiger partial charge in [-0.2, -0.15) is 0 Å². The maximum atomic E-state index is 10.3. The molecule has 2 nitrogen and oxygen atoms in total. The lowest BCUT2D eigenvalue weighted by Gasteiger charge is -1.90. The molecule has 0 aliphatic heterocycles. The van der Waals surface area contributed by atoms with Crippen molar-refractivity contribution in [1.29, 1.82) is 0 Å². The lowest BCUT2D eigenvalue weighted by atomic mass is 10.2. The van der Waals surface area contributed by atoms with Crippen molar-refractivity contribution in [3.63, 3.8) is 0 Å². The molecule has 0 bridgehead atoms. The minimum atomic E-state index is 0.289. The van der Waals surface area contributed by atoms with Gasteiger partial charge in [0.2, 0.25) is 0 Å². The molecule has 0 radical (unpaired) electrons. The molecule has 14 heavy (non-hydrogen) atoms. The van der Waals surface area contributed by atoms with Crippen LogP contribution in [0.15, 0.2) is 0 Å². The third kappa shape index (κ3) is 22.5. The maximum Gasteiger partial charge on any atom is 0.129 e. The predicted molar refractivity (Wildman–Crippen MR) is 60.4 cm³/mol. The first kappa shape index (κ1) is 15.8. The van der Waals surface area contributed by atoms with Gasteiger partial charge < -0.3 is 9.59 Å². The summed E-state index contributed by atoms with van der Waals surface area (Å²) in [5.74, 6) is 0.607. The molecule has 0 atom stereocenters. The normalized spacial score (nSPS) is 8.86. The molecule has 0 saturated carbocycles. The lowest BCUT2D eigenvalue weighted by Crippen LogP contribution is -1.87. The van der Waals surface area contributed by atoms with E-state index in [9.17, 15) is 9.59 Å². The average Bonchev–Trinajstić information content (AvgIpc) is 2.05. The summed E-state index contributed by atoms with van der Waals surface area (Å²) in [6, 6.07) is 0. The summed E-state index contributed by atoms with van der Waals surface area (Å²) in [5, 5.41) is 0. The molecular formula is C12H24O2. The number of hydrogen-bond acceptors (Lipinski definition) is 2. The number of ketones is 2. The zero-order valence-electron chi connectivity index (χ0n) is 10.1. The summed E-state index contributed by atoms with van der Waals surface area (Å²) < 4.78 is 0. The van der Waals surface area contributed by atoms with E-state index < -0.39 is 0 Å². The fourth-order valence-electron chi connectivity index (χ4n) is 0.976. The molecule has 0 rings (SSSR count). The molecule has 0 unspecified atom stereocenters. The van der Waals surface area contributed by atoms with Gasteiger partial charge in [0.1, 0.15) is 11.6 Å². The number of hydrogen-bond donors (Lipinski definition) is 0. The summed E-state index contributed by atoms with van der Waals surface area (Å²) in [6.45, 7) is 7.40. The van der Waals surface area contributed by atoms with Crippen LogP contribution in [0.25, 0.3) is 0 Å². The molecule has 0 aliphatic carbocycles. The van der Waals surface area contributed by atoms with E-state index in [4.69, 9.17) is 0 Å². The fraction of sp³-hybridized carbons (Fsp3) is 0.833. The van der Waals surface area contributed by atoms with Crippen LogP contribution in [0.5, 0.6) is 0 Å². The number of Topliss-reactive ketones (excluding diaryl/α,β-unsaturated/α-hetero) is 2. The van der Waals surface area contributed by atoms with Crippen LogP contribution in [-0.4, -0.2) is 11.6 Å². The van der Waals surface area contributed by atoms with Crippen molar-refractivity contribution in [1.82, 2.24) is 0 Å². The SMILES string of the molecule is CCCC(C)=O.CCCCCC(C)=O. The summed E-state index contributed by atoms with van der Waals surface area (Å²) in [7, 11) is 0. The average molecular weight is 200 g/mol. The second-order valence-corrected chi connectivity index (χ2v) is 3.61. The molecule has 0 aromatic carbocycles. The van der Waals surface area contributed by atoms with Gasteiger partial charge in [-0.1, -0.05) is 26.7 Å². The molecule has 0 heterocycles. The van der Waals surface area contributed by atoms with E-state index >= 15 is 0 Å². The van der Waals surface area contributed by atoms with E-state index in [1.165, 1.54) is 12.8 Å². The highest BCUT2D eigenvalue weighted by Crippen LogP contribution is 1.98. The molecule has 2 heteroatoms. The van der Waals surface area contributed by atoms with Crippen molar-refractivity contribution >= 4 is 11.6 Å². The van der Waals surface area contributed by atoms with Gasteiger partial charge in [0.05, 0.1) is 0 Å². The monoisotopic (exact) mass is 200 g/mol. The minimum Gasteiger partial charge on any atom is -0.300 e. The van der Waals surface area contributed by atoms with Crippen LogP contribution in [0.4, 0.5) is 0 Å². The standard InChI is InChI=1S/C7H14O.C5H10O/c1-3-4-5-6-7(2)8;1-3-4-5(2)6/h3-6H2,1-2H3;3-4H2,1-2H3. The minimum absolute atomic E-state index is 0.289. The van der Waals surface area contributed by atoms with E-state index in [1.54, 1.807) is 13.8 Å². The van der Waals surface area contributed by atoms with Gasteiger partial charge in [-0.3, -0.25) is 0 Å². The first-order valence-corrected chi connectivity index (χ1v) is 5.53. The van der Waals surface area contributed by atoms with Gasteiger partial charge in [-0.25, -0.2) is 0 Å². The van der Waals surface area contributed by atoms with Crippen molar-refractivity contribution in [3.05, 3.63) is 0 Å². The first-order chi connectivity index (χ1) is 6.54. The Morgan fingerprint density at radius 3 is 1.50 bits per heavy atom. The molecule has 0 aliphatic rings. The third-order valence-electron chi connectivity index (χ3n) is 1.73. The first-order valence-electron chi connectivity index (χ1n) is 5.53. The smallest absolute Gasteiger partial charge is 0.129 e. The summed E-state index contributed by atoms with van der Waals surface area (Å²) >= 11 is 0. The van der Waals surface area contributed by atoms with Gasteiger partial charge in [-0.15, -0.1) is 0 Å². The van der Waals surface area contributed by atoms with E-state index in [0.29, 0.717) is 5.78 Å². The summed E-state index contributed by atoms with van der Waals surface area (Å²) in [6.07, 6.45) is 5.96. The van der Waals surface area contributed by atoms with Crippen LogP contribution in [0.1, 0.15) is 66.2 Å². The molecule has 0 spiro atoms. The Morgan fingerprint density at radius 1 is 0.786 bits per heavy atom. The molecule has 84 valence electrons. The number of rotatable bonds is 6. The number of carbonyl (C=O) groups excluding carboxylic acids is 2. The molecule has 0 saturated heterocycles. The molecule has 0 amide bonds.